The van der Waals surface area contributed by atoms with Crippen LogP contribution in [0.4, 0.5) is 0 Å². The van der Waals surface area contributed by atoms with Crippen LogP contribution in [0.5, 0.6) is 0 Å². The Balaban J connectivity index is 0.000000227. The van der Waals surface area contributed by atoms with Crippen LogP contribution >= 0.6 is 0 Å². The molecule has 0 spiro atoms. The minimum Gasteiger partial charge on any atom is -0.680 e. The van der Waals surface area contributed by atoms with Crippen molar-refractivity contribution >= 4 is 11.8 Å². The fourth-order valence-corrected chi connectivity index (χ4v) is 4.13. The molecule has 3 atom stereocenters. The zero-order valence-electron chi connectivity index (χ0n) is 19.4. The van der Waals surface area contributed by atoms with Gasteiger partial charge in [0.25, 0.3) is 0 Å². The van der Waals surface area contributed by atoms with Gasteiger partial charge in [-0.05, 0) is 0 Å². The van der Waals surface area contributed by atoms with E-state index >= 15 is 0 Å². The summed E-state index contributed by atoms with van der Waals surface area (Å²) in [5, 5.41) is 25.5. The number of nitrogens with zero attached hydrogens (tertiary/aromatic N) is 6. The molecule has 189 valence electrons. The van der Waals surface area contributed by atoms with Crippen molar-refractivity contribution in [2.24, 2.45) is 0 Å². The van der Waals surface area contributed by atoms with Gasteiger partial charge in [0.2, 0.25) is 0 Å². The average molecular weight is 500 g/mol. The molecule has 3 saturated heterocycles. The summed E-state index contributed by atoms with van der Waals surface area (Å²) >= 11 is 0. The van der Waals surface area contributed by atoms with Crippen LogP contribution < -0.4 is 0 Å². The van der Waals surface area contributed by atoms with E-state index in [1.165, 1.54) is 25.7 Å². The van der Waals surface area contributed by atoms with Crippen molar-refractivity contribution in [3.8, 4) is 0 Å². The van der Waals surface area contributed by atoms with Gasteiger partial charge in [-0.15, -0.1) is 51.0 Å². The molecule has 33 heavy (non-hydrogen) atoms. The third-order valence-corrected chi connectivity index (χ3v) is 6.07. The molecule has 4 rings (SSSR count). The third kappa shape index (κ3) is 10.6. The summed E-state index contributed by atoms with van der Waals surface area (Å²) in [5.41, 5.74) is 0.471. The van der Waals surface area contributed by atoms with Gasteiger partial charge in [-0.1, -0.05) is 76.0 Å². The fraction of sp³-hybridized carbons (Fsp3) is 0.750. The topological polar surface area (TPSA) is 119 Å². The van der Waals surface area contributed by atoms with Gasteiger partial charge in [0.05, 0.1) is 5.91 Å². The zero-order chi connectivity index (χ0) is 22.4. The molecule has 0 bridgehead atoms. The van der Waals surface area contributed by atoms with Gasteiger partial charge < -0.3 is 41.5 Å². The predicted molar refractivity (Wildman–Crippen MR) is 130 cm³/mol. The molecule has 0 aromatic carbocycles. The molecule has 0 aromatic rings. The van der Waals surface area contributed by atoms with Crippen LogP contribution in [-0.4, -0.2) is 69.2 Å². The normalized spacial score (nSPS) is 26.9. The second-order valence-electron chi connectivity index (χ2n) is 8.67. The molecular formula is C24H36CoN6O2-6. The second-order valence-corrected chi connectivity index (χ2v) is 8.67. The number of amides is 2. The van der Waals surface area contributed by atoms with Crippen LogP contribution in [0.15, 0.2) is 23.9 Å². The number of carbonyl (C=O) groups excluding carboxylic acids is 2. The van der Waals surface area contributed by atoms with E-state index in [1.54, 1.807) is 6.08 Å². The van der Waals surface area contributed by atoms with Gasteiger partial charge >= 0.3 is 0 Å². The number of hydrogen-bond donors (Lipinski definition) is 0. The molecule has 0 saturated carbocycles. The molecular weight excluding hydrogens is 463 g/mol. The molecule has 0 aromatic heterocycles. The standard InChI is InChI=1S/C12H21N3O.C12H17N3O.Co/c2*16-12(11-6-2-4-8-14-11)15-9-10-5-1-3-7-13-10;/h10-11H,1-9H2,(H,15,16);2,4,6,10H,1,3,5,7-9H2,(H,15,16);/q2*-2;/p-2. The second kappa shape index (κ2) is 16.3. The molecule has 4 heterocycles. The maximum atomic E-state index is 11.7. The molecule has 4 aliphatic rings. The van der Waals surface area contributed by atoms with E-state index in [0.717, 1.165) is 51.7 Å². The molecule has 0 N–H and O–H groups in total. The van der Waals surface area contributed by atoms with Crippen molar-refractivity contribution in [1.82, 2.24) is 0 Å². The summed E-state index contributed by atoms with van der Waals surface area (Å²) in [4.78, 5) is 23.4. The van der Waals surface area contributed by atoms with Crippen molar-refractivity contribution in [2.45, 2.75) is 75.9 Å². The van der Waals surface area contributed by atoms with Crippen LogP contribution in [0.25, 0.3) is 31.9 Å². The number of carbonyl (C=O) groups is 2. The van der Waals surface area contributed by atoms with Crippen molar-refractivity contribution < 1.29 is 26.4 Å². The summed E-state index contributed by atoms with van der Waals surface area (Å²) in [7, 11) is 0. The summed E-state index contributed by atoms with van der Waals surface area (Å²) in [6, 6.07) is 0.399. The van der Waals surface area contributed by atoms with E-state index in [0.29, 0.717) is 31.4 Å². The molecule has 3 fully saturated rings. The van der Waals surface area contributed by atoms with Gasteiger partial charge in [0.15, 0.2) is 0 Å². The Labute approximate surface area is 209 Å². The van der Waals surface area contributed by atoms with E-state index in [9.17, 15) is 9.59 Å². The van der Waals surface area contributed by atoms with Crippen molar-refractivity contribution in [1.29, 1.82) is 0 Å². The maximum Gasteiger partial charge on any atom is 0.0594 e. The van der Waals surface area contributed by atoms with E-state index in [2.05, 4.69) is 31.9 Å². The molecule has 1 radical (unpaired) electrons. The Kier molecular flexibility index (Phi) is 13.7. The number of allylic oxidation sites excluding steroid dienone is 2. The van der Waals surface area contributed by atoms with Crippen LogP contribution in [0.2, 0.25) is 0 Å². The molecule has 0 aliphatic carbocycles. The first kappa shape index (κ1) is 27.8. The van der Waals surface area contributed by atoms with Gasteiger partial charge in [-0.2, -0.15) is 12.1 Å². The van der Waals surface area contributed by atoms with Crippen LogP contribution in [0, 0.1) is 0 Å². The Hall–Kier alpha value is -1.39. The Morgan fingerprint density at radius 2 is 1.42 bits per heavy atom. The van der Waals surface area contributed by atoms with E-state index in [-0.39, 0.29) is 40.7 Å². The average Bonchev–Trinajstić information content (AvgIpc) is 2.88. The Morgan fingerprint density at radius 3 is 1.94 bits per heavy atom. The maximum absolute atomic E-state index is 11.7. The van der Waals surface area contributed by atoms with Crippen molar-refractivity contribution in [3.05, 3.63) is 55.8 Å². The Morgan fingerprint density at radius 1 is 0.818 bits per heavy atom. The molecule has 8 nitrogen and oxygen atoms in total. The minimum atomic E-state index is -0.204. The summed E-state index contributed by atoms with van der Waals surface area (Å²) in [5.74, 6) is -0.217. The van der Waals surface area contributed by atoms with E-state index < -0.39 is 0 Å². The first-order valence-electron chi connectivity index (χ1n) is 12.2. The molecule has 9 heteroatoms. The monoisotopic (exact) mass is 499 g/mol. The summed E-state index contributed by atoms with van der Waals surface area (Å²) < 4.78 is 0. The third-order valence-electron chi connectivity index (χ3n) is 6.07. The molecule has 4 aliphatic heterocycles. The summed E-state index contributed by atoms with van der Waals surface area (Å²) in [6.45, 7) is 4.40. The molecule has 2 amide bonds. The van der Waals surface area contributed by atoms with Gasteiger partial charge in [-0.25, -0.2) is 0 Å². The number of piperidine rings is 3. The fourth-order valence-electron chi connectivity index (χ4n) is 4.13. The first-order valence-corrected chi connectivity index (χ1v) is 12.2. The SMILES string of the molecule is O=C([N-]CC1CCCC[N-]1)C1=CC=CC[N-]1.O=C([N-]CC1CCCC[N-]1)C1CCCC[N-]1.[Co]. The largest absolute Gasteiger partial charge is 0.680 e. The predicted octanol–water partition coefficient (Wildman–Crippen LogP) is 5.38. The Bertz CT molecular complexity index is 639. The van der Waals surface area contributed by atoms with Crippen LogP contribution in [0.3, 0.4) is 0 Å². The molecule has 3 unspecified atom stereocenters. The van der Waals surface area contributed by atoms with Crippen LogP contribution in [0.1, 0.15) is 57.8 Å². The van der Waals surface area contributed by atoms with Crippen LogP contribution in [-0.2, 0) is 26.4 Å². The smallest absolute Gasteiger partial charge is 0.0594 e. The summed E-state index contributed by atoms with van der Waals surface area (Å²) in [6.07, 6.45) is 15.6. The minimum absolute atomic E-state index is 0. The van der Waals surface area contributed by atoms with Gasteiger partial charge in [0.1, 0.15) is 0 Å². The number of hydrogen-bond acceptors (Lipinski definition) is 2. The zero-order valence-corrected chi connectivity index (χ0v) is 20.4. The van der Waals surface area contributed by atoms with Gasteiger partial charge in [-0.3, -0.25) is 0 Å². The first-order chi connectivity index (χ1) is 15.7. The van der Waals surface area contributed by atoms with Crippen molar-refractivity contribution in [3.63, 3.8) is 0 Å². The van der Waals surface area contributed by atoms with Crippen molar-refractivity contribution in [2.75, 3.05) is 39.3 Å². The quantitative estimate of drug-likeness (QED) is 0.488. The number of rotatable bonds is 6. The van der Waals surface area contributed by atoms with Gasteiger partial charge in [0, 0.05) is 22.7 Å². The van der Waals surface area contributed by atoms with E-state index in [1.807, 2.05) is 12.2 Å². The van der Waals surface area contributed by atoms with E-state index in [4.69, 9.17) is 0 Å².